The maximum Gasteiger partial charge on any atom is 0.264 e. The quantitative estimate of drug-likeness (QED) is 0.748. The molecule has 0 amide bonds. The highest BCUT2D eigenvalue weighted by Gasteiger charge is 2.14. The lowest BCUT2D eigenvalue weighted by atomic mass is 10.2. The van der Waals surface area contributed by atoms with E-state index in [2.05, 4.69) is 17.1 Å². The third-order valence-electron chi connectivity index (χ3n) is 2.60. The summed E-state index contributed by atoms with van der Waals surface area (Å²) in [6.07, 6.45) is 0. The van der Waals surface area contributed by atoms with E-state index in [9.17, 15) is 0 Å². The average molecular weight is 236 g/mol. The zero-order chi connectivity index (χ0) is 11.4. The predicted molar refractivity (Wildman–Crippen MR) is 68.8 cm³/mol. The van der Waals surface area contributed by atoms with Crippen LogP contribution >= 0.6 is 12.2 Å². The lowest BCUT2D eigenvalue weighted by Crippen LogP contribution is -2.47. The van der Waals surface area contributed by atoms with Crippen LogP contribution in [0, 0.1) is 6.92 Å². The number of hydrogen-bond acceptors (Lipinski definition) is 3. The Morgan fingerprint density at radius 1 is 1.25 bits per heavy atom. The van der Waals surface area contributed by atoms with Crippen LogP contribution in [0.1, 0.15) is 5.56 Å². The molecule has 0 saturated carbocycles. The van der Waals surface area contributed by atoms with Crippen molar-refractivity contribution in [2.45, 2.75) is 6.92 Å². The Hall–Kier alpha value is -1.13. The summed E-state index contributed by atoms with van der Waals surface area (Å²) in [4.78, 5) is 2.09. The highest BCUT2D eigenvalue weighted by molar-refractivity contribution is 7.80. The van der Waals surface area contributed by atoms with Crippen LogP contribution in [-0.4, -0.2) is 36.3 Å². The Morgan fingerprint density at radius 3 is 2.50 bits per heavy atom. The molecule has 4 heteroatoms. The molecule has 0 radical (unpaired) electrons. The van der Waals surface area contributed by atoms with Crippen LogP contribution in [0.5, 0.6) is 5.75 Å². The third kappa shape index (κ3) is 2.93. The molecule has 0 aromatic heterocycles. The van der Waals surface area contributed by atoms with Gasteiger partial charge in [0.15, 0.2) is 0 Å². The summed E-state index contributed by atoms with van der Waals surface area (Å²) in [6, 6.07) is 7.94. The van der Waals surface area contributed by atoms with Crippen LogP contribution in [0.3, 0.4) is 0 Å². The van der Waals surface area contributed by atoms with Gasteiger partial charge in [-0.1, -0.05) is 17.7 Å². The predicted octanol–water partition coefficient (Wildman–Crippen LogP) is 1.56. The van der Waals surface area contributed by atoms with Crippen LogP contribution < -0.4 is 10.1 Å². The van der Waals surface area contributed by atoms with Gasteiger partial charge in [0, 0.05) is 26.2 Å². The van der Waals surface area contributed by atoms with Gasteiger partial charge in [0.05, 0.1) is 0 Å². The lowest BCUT2D eigenvalue weighted by Gasteiger charge is -2.28. The van der Waals surface area contributed by atoms with E-state index in [0.717, 1.165) is 31.9 Å². The number of rotatable bonds is 1. The van der Waals surface area contributed by atoms with E-state index in [4.69, 9.17) is 17.0 Å². The molecule has 0 spiro atoms. The van der Waals surface area contributed by atoms with E-state index < -0.39 is 0 Å². The largest absolute Gasteiger partial charge is 0.432 e. The minimum atomic E-state index is 0.574. The molecule has 86 valence electrons. The Balaban J connectivity index is 1.93. The second kappa shape index (κ2) is 5.27. The van der Waals surface area contributed by atoms with Gasteiger partial charge in [-0.2, -0.15) is 0 Å². The number of aryl methyl sites for hydroxylation is 1. The Labute approximate surface area is 101 Å². The molecule has 0 unspecified atom stereocenters. The first-order valence-corrected chi connectivity index (χ1v) is 5.91. The number of hydrogen-bond donors (Lipinski definition) is 1. The zero-order valence-electron chi connectivity index (χ0n) is 9.40. The third-order valence-corrected chi connectivity index (χ3v) is 2.94. The van der Waals surface area contributed by atoms with Crippen molar-refractivity contribution in [3.8, 4) is 5.75 Å². The fraction of sp³-hybridized carbons (Fsp3) is 0.417. The number of thiocarbonyl (C=S) groups is 1. The normalized spacial score (nSPS) is 15.9. The monoisotopic (exact) mass is 236 g/mol. The first kappa shape index (κ1) is 11.4. The fourth-order valence-electron chi connectivity index (χ4n) is 1.62. The molecule has 16 heavy (non-hydrogen) atoms. The van der Waals surface area contributed by atoms with E-state index in [1.165, 1.54) is 5.56 Å². The van der Waals surface area contributed by atoms with Crippen molar-refractivity contribution in [2.24, 2.45) is 0 Å². The highest BCUT2D eigenvalue weighted by atomic mass is 32.1. The maximum absolute atomic E-state index is 5.64. The molecule has 3 nitrogen and oxygen atoms in total. The number of nitrogens with zero attached hydrogens (tertiary/aromatic N) is 1. The minimum absolute atomic E-state index is 0.574. The molecular weight excluding hydrogens is 220 g/mol. The van der Waals surface area contributed by atoms with Crippen molar-refractivity contribution in [3.05, 3.63) is 29.8 Å². The van der Waals surface area contributed by atoms with Crippen molar-refractivity contribution in [3.63, 3.8) is 0 Å². The molecule has 1 heterocycles. The summed E-state index contributed by atoms with van der Waals surface area (Å²) in [7, 11) is 0. The van der Waals surface area contributed by atoms with Gasteiger partial charge in [0.25, 0.3) is 5.17 Å². The van der Waals surface area contributed by atoms with Crippen LogP contribution in [0.15, 0.2) is 24.3 Å². The first-order valence-electron chi connectivity index (χ1n) is 5.50. The van der Waals surface area contributed by atoms with Crippen LogP contribution in [0.2, 0.25) is 0 Å². The fourth-order valence-corrected chi connectivity index (χ4v) is 1.90. The van der Waals surface area contributed by atoms with Gasteiger partial charge >= 0.3 is 0 Å². The van der Waals surface area contributed by atoms with E-state index in [-0.39, 0.29) is 0 Å². The van der Waals surface area contributed by atoms with Crippen LogP contribution in [-0.2, 0) is 0 Å². The summed E-state index contributed by atoms with van der Waals surface area (Å²) in [5.74, 6) is 0.814. The second-order valence-corrected chi connectivity index (χ2v) is 4.27. The van der Waals surface area contributed by atoms with Crippen LogP contribution in [0.4, 0.5) is 0 Å². The van der Waals surface area contributed by atoms with Gasteiger partial charge in [-0.3, -0.25) is 0 Å². The molecule has 0 atom stereocenters. The molecule has 0 aliphatic carbocycles. The van der Waals surface area contributed by atoms with E-state index in [0.29, 0.717) is 5.17 Å². The SMILES string of the molecule is Cc1ccc(OC(=S)N2CCNCC2)cc1. The van der Waals surface area contributed by atoms with Gasteiger partial charge in [-0.25, -0.2) is 0 Å². The van der Waals surface area contributed by atoms with E-state index in [1.807, 2.05) is 24.3 Å². The summed E-state index contributed by atoms with van der Waals surface area (Å²) >= 11 is 5.26. The van der Waals surface area contributed by atoms with Crippen molar-refractivity contribution >= 4 is 17.4 Å². The summed E-state index contributed by atoms with van der Waals surface area (Å²) in [5, 5.41) is 3.86. The number of ether oxygens (including phenoxy) is 1. The highest BCUT2D eigenvalue weighted by Crippen LogP contribution is 2.13. The molecule has 1 aromatic rings. The molecule has 2 rings (SSSR count). The number of benzene rings is 1. The molecule has 1 aliphatic rings. The molecule has 1 aliphatic heterocycles. The Bertz CT molecular complexity index is 358. The minimum Gasteiger partial charge on any atom is -0.432 e. The lowest BCUT2D eigenvalue weighted by molar-refractivity contribution is 0.312. The second-order valence-electron chi connectivity index (χ2n) is 3.92. The topological polar surface area (TPSA) is 24.5 Å². The molecule has 1 N–H and O–H groups in total. The van der Waals surface area contributed by atoms with Crippen molar-refractivity contribution in [2.75, 3.05) is 26.2 Å². The number of nitrogens with one attached hydrogen (secondary N) is 1. The first-order chi connectivity index (χ1) is 7.75. The molecule has 1 saturated heterocycles. The molecule has 1 fully saturated rings. The van der Waals surface area contributed by atoms with Crippen molar-refractivity contribution < 1.29 is 4.74 Å². The summed E-state index contributed by atoms with van der Waals surface area (Å²) in [5.41, 5.74) is 1.22. The van der Waals surface area contributed by atoms with E-state index >= 15 is 0 Å². The maximum atomic E-state index is 5.64. The summed E-state index contributed by atoms with van der Waals surface area (Å²) in [6.45, 7) is 5.84. The molecular formula is C12H16N2OS. The standard InChI is InChI=1S/C12H16N2OS/c1-10-2-4-11(5-3-10)15-12(16)14-8-6-13-7-9-14/h2-5,13H,6-9H2,1H3. The van der Waals surface area contributed by atoms with Gasteiger partial charge < -0.3 is 15.0 Å². The van der Waals surface area contributed by atoms with Gasteiger partial charge in [0.2, 0.25) is 0 Å². The van der Waals surface area contributed by atoms with E-state index in [1.54, 1.807) is 0 Å². The van der Waals surface area contributed by atoms with Crippen LogP contribution in [0.25, 0.3) is 0 Å². The smallest absolute Gasteiger partial charge is 0.264 e. The van der Waals surface area contributed by atoms with Gasteiger partial charge in [0.1, 0.15) is 5.75 Å². The molecule has 0 bridgehead atoms. The molecule has 1 aromatic carbocycles. The van der Waals surface area contributed by atoms with Gasteiger partial charge in [-0.05, 0) is 31.3 Å². The Kier molecular flexibility index (Phi) is 3.74. The van der Waals surface area contributed by atoms with Crippen molar-refractivity contribution in [1.82, 2.24) is 10.2 Å². The Morgan fingerprint density at radius 2 is 1.88 bits per heavy atom. The van der Waals surface area contributed by atoms with Crippen molar-refractivity contribution in [1.29, 1.82) is 0 Å². The number of piperazine rings is 1. The zero-order valence-corrected chi connectivity index (χ0v) is 10.2. The summed E-state index contributed by atoms with van der Waals surface area (Å²) < 4.78 is 5.64. The average Bonchev–Trinajstić information content (AvgIpc) is 2.33. The van der Waals surface area contributed by atoms with Gasteiger partial charge in [-0.15, -0.1) is 0 Å².